The predicted molar refractivity (Wildman–Crippen MR) is 93.1 cm³/mol. The molecule has 2 nitrogen and oxygen atoms in total. The van der Waals surface area contributed by atoms with Gasteiger partial charge in [0, 0.05) is 23.4 Å². The molecule has 1 heterocycles. The van der Waals surface area contributed by atoms with E-state index in [2.05, 4.69) is 26.1 Å². The molecule has 1 fully saturated rings. The van der Waals surface area contributed by atoms with Crippen molar-refractivity contribution < 1.29 is 0 Å². The van der Waals surface area contributed by atoms with Gasteiger partial charge in [-0.25, -0.2) is 4.98 Å². The van der Waals surface area contributed by atoms with Gasteiger partial charge in [0.15, 0.2) is 0 Å². The molecule has 0 saturated heterocycles. The van der Waals surface area contributed by atoms with Gasteiger partial charge in [-0.2, -0.15) is 0 Å². The molecule has 1 N–H and O–H groups in total. The van der Waals surface area contributed by atoms with Crippen molar-refractivity contribution in [2.24, 2.45) is 0 Å². The fraction of sp³-hybridized carbons (Fsp3) is 0.833. The molecule has 21 heavy (non-hydrogen) atoms. The van der Waals surface area contributed by atoms with Crippen molar-refractivity contribution in [2.75, 3.05) is 0 Å². The first kappa shape index (κ1) is 17.0. The average Bonchev–Trinajstić information content (AvgIpc) is 2.79. The van der Waals surface area contributed by atoms with Gasteiger partial charge >= 0.3 is 0 Å². The lowest BCUT2D eigenvalue weighted by Crippen LogP contribution is -2.21. The Bertz CT molecular complexity index is 403. The highest BCUT2D eigenvalue weighted by atomic mass is 32.1. The first-order valence-corrected chi connectivity index (χ1v) is 9.74. The molecule has 2 rings (SSSR count). The van der Waals surface area contributed by atoms with Gasteiger partial charge in [-0.3, -0.25) is 0 Å². The third-order valence-electron chi connectivity index (χ3n) is 4.41. The largest absolute Gasteiger partial charge is 0.310 e. The smallest absolute Gasteiger partial charge is 0.0962 e. The zero-order valence-electron chi connectivity index (χ0n) is 14.1. The lowest BCUT2D eigenvalue weighted by molar-refractivity contribution is 0.454. The Morgan fingerprint density at radius 1 is 1.14 bits per heavy atom. The van der Waals surface area contributed by atoms with Crippen LogP contribution >= 0.6 is 11.3 Å². The van der Waals surface area contributed by atoms with Crippen LogP contribution in [-0.4, -0.2) is 11.0 Å². The molecule has 0 aromatic carbocycles. The summed E-state index contributed by atoms with van der Waals surface area (Å²) in [5.41, 5.74) is 1.37. The second-order valence-electron chi connectivity index (χ2n) is 6.75. The van der Waals surface area contributed by atoms with E-state index < -0.39 is 0 Å². The summed E-state index contributed by atoms with van der Waals surface area (Å²) in [4.78, 5) is 6.54. The van der Waals surface area contributed by atoms with Gasteiger partial charge in [-0.15, -0.1) is 11.3 Å². The van der Waals surface area contributed by atoms with Gasteiger partial charge in [0.25, 0.3) is 0 Å². The highest BCUT2D eigenvalue weighted by molar-refractivity contribution is 7.11. The summed E-state index contributed by atoms with van der Waals surface area (Å²) in [5.74, 6) is 0.735. The normalized spacial score (nSPS) is 17.9. The van der Waals surface area contributed by atoms with E-state index >= 15 is 0 Å². The summed E-state index contributed by atoms with van der Waals surface area (Å²) in [5, 5.41) is 5.00. The summed E-state index contributed by atoms with van der Waals surface area (Å²) >= 11 is 1.99. The standard InChI is InChI=1S/C18H32N2S/c1-4-10-16-17(13-19-14(2)3)21-18(20-16)15-11-8-6-5-7-9-12-15/h14-15,19H,4-13H2,1-3H3. The van der Waals surface area contributed by atoms with Crippen LogP contribution < -0.4 is 5.32 Å². The molecule has 1 aliphatic carbocycles. The van der Waals surface area contributed by atoms with E-state index in [1.807, 2.05) is 11.3 Å². The van der Waals surface area contributed by atoms with E-state index in [1.54, 1.807) is 0 Å². The molecule has 1 saturated carbocycles. The number of thiazole rings is 1. The van der Waals surface area contributed by atoms with E-state index in [9.17, 15) is 0 Å². The molecular weight excluding hydrogens is 276 g/mol. The van der Waals surface area contributed by atoms with Crippen molar-refractivity contribution in [1.29, 1.82) is 0 Å². The number of aryl methyl sites for hydroxylation is 1. The summed E-state index contributed by atoms with van der Waals surface area (Å²) in [7, 11) is 0. The molecule has 0 spiro atoms. The second kappa shape index (κ2) is 8.89. The molecule has 0 radical (unpaired) electrons. The van der Waals surface area contributed by atoms with E-state index in [-0.39, 0.29) is 0 Å². The summed E-state index contributed by atoms with van der Waals surface area (Å²) in [6, 6.07) is 0.548. The number of nitrogens with one attached hydrogen (secondary N) is 1. The van der Waals surface area contributed by atoms with Crippen molar-refractivity contribution in [3.05, 3.63) is 15.6 Å². The van der Waals surface area contributed by atoms with Crippen molar-refractivity contribution >= 4 is 11.3 Å². The van der Waals surface area contributed by atoms with Gasteiger partial charge in [0.1, 0.15) is 0 Å². The number of aromatic nitrogens is 1. The fourth-order valence-electron chi connectivity index (χ4n) is 3.15. The number of hydrogen-bond donors (Lipinski definition) is 1. The Morgan fingerprint density at radius 3 is 2.43 bits per heavy atom. The SMILES string of the molecule is CCCc1nc(C2CCCCCCC2)sc1CNC(C)C. The zero-order chi connectivity index (χ0) is 15.1. The third-order valence-corrected chi connectivity index (χ3v) is 5.67. The molecule has 1 aromatic rings. The highest BCUT2D eigenvalue weighted by Crippen LogP contribution is 2.34. The quantitative estimate of drug-likeness (QED) is 0.759. The van der Waals surface area contributed by atoms with Crippen molar-refractivity contribution in [3.8, 4) is 0 Å². The molecule has 3 heteroatoms. The number of nitrogens with zero attached hydrogens (tertiary/aromatic N) is 1. The monoisotopic (exact) mass is 308 g/mol. The third kappa shape index (κ3) is 5.37. The Labute approximate surface area is 134 Å². The molecule has 0 atom stereocenters. The molecule has 0 bridgehead atoms. The molecular formula is C18H32N2S. The first-order chi connectivity index (χ1) is 10.2. The van der Waals surface area contributed by atoms with Crippen LogP contribution in [-0.2, 0) is 13.0 Å². The summed E-state index contributed by atoms with van der Waals surface area (Å²) < 4.78 is 0. The minimum atomic E-state index is 0.548. The van der Waals surface area contributed by atoms with Crippen LogP contribution in [0.3, 0.4) is 0 Å². The minimum Gasteiger partial charge on any atom is -0.310 e. The van der Waals surface area contributed by atoms with Crippen LogP contribution in [0.15, 0.2) is 0 Å². The topological polar surface area (TPSA) is 24.9 Å². The molecule has 0 unspecified atom stereocenters. The predicted octanol–water partition coefficient (Wildman–Crippen LogP) is 5.42. The Morgan fingerprint density at radius 2 is 1.81 bits per heavy atom. The zero-order valence-corrected chi connectivity index (χ0v) is 14.9. The Balaban J connectivity index is 2.08. The van der Waals surface area contributed by atoms with Gasteiger partial charge in [-0.1, -0.05) is 59.3 Å². The maximum absolute atomic E-state index is 5.05. The molecule has 0 amide bonds. The number of rotatable bonds is 6. The lowest BCUT2D eigenvalue weighted by atomic mass is 9.92. The molecule has 0 aliphatic heterocycles. The molecule has 1 aliphatic rings. The van der Waals surface area contributed by atoms with Crippen molar-refractivity contribution in [1.82, 2.24) is 10.3 Å². The van der Waals surface area contributed by atoms with E-state index in [0.29, 0.717) is 6.04 Å². The molecule has 120 valence electrons. The van der Waals surface area contributed by atoms with Crippen LogP contribution in [0.1, 0.15) is 93.6 Å². The highest BCUT2D eigenvalue weighted by Gasteiger charge is 2.19. The van der Waals surface area contributed by atoms with Gasteiger partial charge in [0.05, 0.1) is 10.7 Å². The maximum Gasteiger partial charge on any atom is 0.0962 e. The van der Waals surface area contributed by atoms with Crippen LogP contribution in [0.5, 0.6) is 0 Å². The second-order valence-corrected chi connectivity index (χ2v) is 7.86. The number of hydrogen-bond acceptors (Lipinski definition) is 3. The van der Waals surface area contributed by atoms with E-state index in [4.69, 9.17) is 4.98 Å². The van der Waals surface area contributed by atoms with Gasteiger partial charge < -0.3 is 5.32 Å². The lowest BCUT2D eigenvalue weighted by Gasteiger charge is -2.17. The first-order valence-electron chi connectivity index (χ1n) is 8.92. The van der Waals surface area contributed by atoms with Gasteiger partial charge in [0.2, 0.25) is 0 Å². The average molecular weight is 309 g/mol. The van der Waals surface area contributed by atoms with Crippen LogP contribution in [0.2, 0.25) is 0 Å². The minimum absolute atomic E-state index is 0.548. The summed E-state index contributed by atoms with van der Waals surface area (Å²) in [6.07, 6.45) is 12.1. The summed E-state index contributed by atoms with van der Waals surface area (Å²) in [6.45, 7) is 7.69. The van der Waals surface area contributed by atoms with Crippen LogP contribution in [0.4, 0.5) is 0 Å². The van der Waals surface area contributed by atoms with Crippen molar-refractivity contribution in [2.45, 2.75) is 97.1 Å². The molecule has 1 aromatic heterocycles. The van der Waals surface area contributed by atoms with Crippen molar-refractivity contribution in [3.63, 3.8) is 0 Å². The van der Waals surface area contributed by atoms with Gasteiger partial charge in [-0.05, 0) is 19.3 Å². The Hall–Kier alpha value is -0.410. The van der Waals surface area contributed by atoms with E-state index in [1.165, 1.54) is 66.9 Å². The fourth-order valence-corrected chi connectivity index (χ4v) is 4.38. The maximum atomic E-state index is 5.05. The van der Waals surface area contributed by atoms with Crippen LogP contribution in [0, 0.1) is 0 Å². The van der Waals surface area contributed by atoms with Crippen LogP contribution in [0.25, 0.3) is 0 Å². The Kier molecular flexibility index (Phi) is 7.18. The van der Waals surface area contributed by atoms with E-state index in [0.717, 1.165) is 18.9 Å².